The Morgan fingerprint density at radius 3 is 1.88 bits per heavy atom. The third-order valence-corrected chi connectivity index (χ3v) is 6.27. The Hall–Kier alpha value is -3.08. The standard InChI is InChI=1S/C20H24N2O3S.C2HF3O2/c1-14(2)21-19(23)20(12-13-20)16-6-8-17(9-7-16)22-26(24,25)18-10-4-15(3)5-11-18;3-2(4,5)1(6)7/h4-11,14,22H,12-13H2,1-3H3,(H,21,23);(H,6,7). The molecule has 0 spiro atoms. The summed E-state index contributed by atoms with van der Waals surface area (Å²) in [6.45, 7) is 5.79. The van der Waals surface area contributed by atoms with Gasteiger partial charge in [0, 0.05) is 11.7 Å². The number of hydrogen-bond acceptors (Lipinski definition) is 4. The van der Waals surface area contributed by atoms with E-state index in [-0.39, 0.29) is 16.8 Å². The first kappa shape index (κ1) is 26.2. The van der Waals surface area contributed by atoms with E-state index in [9.17, 15) is 26.4 Å². The van der Waals surface area contributed by atoms with Gasteiger partial charge in [0.15, 0.2) is 0 Å². The Kier molecular flexibility index (Phi) is 7.79. The number of halogens is 3. The zero-order valence-electron chi connectivity index (χ0n) is 18.2. The zero-order chi connectivity index (χ0) is 25.0. The summed E-state index contributed by atoms with van der Waals surface area (Å²) in [7, 11) is -3.62. The molecule has 1 aliphatic carbocycles. The average Bonchev–Trinajstić information content (AvgIpc) is 3.50. The Morgan fingerprint density at radius 2 is 1.48 bits per heavy atom. The molecule has 1 amide bonds. The molecule has 7 nitrogen and oxygen atoms in total. The first-order valence-corrected chi connectivity index (χ1v) is 11.5. The SMILES string of the molecule is Cc1ccc(S(=O)(=O)Nc2ccc(C3(C(=O)NC(C)C)CC3)cc2)cc1.O=C(O)C(F)(F)F. The molecule has 11 heteroatoms. The molecule has 1 aliphatic rings. The average molecular weight is 487 g/mol. The van der Waals surface area contributed by atoms with Crippen molar-refractivity contribution < 1.29 is 36.3 Å². The molecule has 3 N–H and O–H groups in total. The smallest absolute Gasteiger partial charge is 0.475 e. The maximum atomic E-state index is 12.5. The van der Waals surface area contributed by atoms with Gasteiger partial charge in [0.05, 0.1) is 10.3 Å². The van der Waals surface area contributed by atoms with Crippen molar-refractivity contribution in [1.82, 2.24) is 5.32 Å². The van der Waals surface area contributed by atoms with E-state index in [0.717, 1.165) is 24.0 Å². The zero-order valence-corrected chi connectivity index (χ0v) is 19.0. The number of carbonyl (C=O) groups is 2. The summed E-state index contributed by atoms with van der Waals surface area (Å²) in [5, 5.41) is 10.1. The lowest BCUT2D eigenvalue weighted by Crippen LogP contribution is -2.38. The molecule has 0 aromatic heterocycles. The van der Waals surface area contributed by atoms with Gasteiger partial charge in [0.2, 0.25) is 5.91 Å². The number of hydrogen-bond donors (Lipinski definition) is 3. The molecule has 2 aromatic carbocycles. The number of nitrogens with one attached hydrogen (secondary N) is 2. The molecule has 0 aliphatic heterocycles. The number of anilines is 1. The monoisotopic (exact) mass is 486 g/mol. The van der Waals surface area contributed by atoms with E-state index in [1.54, 1.807) is 36.4 Å². The molecular formula is C22H25F3N2O5S. The first-order chi connectivity index (χ1) is 15.2. The highest BCUT2D eigenvalue weighted by molar-refractivity contribution is 7.92. The maximum absolute atomic E-state index is 12.5. The minimum absolute atomic E-state index is 0.0421. The van der Waals surface area contributed by atoms with Crippen molar-refractivity contribution in [3.8, 4) is 0 Å². The fourth-order valence-electron chi connectivity index (χ4n) is 2.96. The van der Waals surface area contributed by atoms with Crippen LogP contribution in [0.1, 0.15) is 37.8 Å². The number of benzene rings is 2. The van der Waals surface area contributed by atoms with Crippen LogP contribution in [0.4, 0.5) is 18.9 Å². The summed E-state index contributed by atoms with van der Waals surface area (Å²) in [4.78, 5) is 21.6. The predicted molar refractivity (Wildman–Crippen MR) is 116 cm³/mol. The Labute approximate surface area is 190 Å². The van der Waals surface area contributed by atoms with Crippen molar-refractivity contribution in [2.45, 2.75) is 56.1 Å². The van der Waals surface area contributed by atoms with E-state index in [1.807, 2.05) is 32.9 Å². The van der Waals surface area contributed by atoms with Crippen LogP contribution in [0.25, 0.3) is 0 Å². The lowest BCUT2D eigenvalue weighted by molar-refractivity contribution is -0.192. The highest BCUT2D eigenvalue weighted by Crippen LogP contribution is 2.48. The van der Waals surface area contributed by atoms with Crippen LogP contribution in [0.2, 0.25) is 0 Å². The molecule has 0 unspecified atom stereocenters. The molecule has 180 valence electrons. The van der Waals surface area contributed by atoms with Gasteiger partial charge in [-0.1, -0.05) is 29.8 Å². The third-order valence-electron chi connectivity index (χ3n) is 4.87. The van der Waals surface area contributed by atoms with Gasteiger partial charge in [0.25, 0.3) is 10.0 Å². The highest BCUT2D eigenvalue weighted by atomic mass is 32.2. The van der Waals surface area contributed by atoms with Crippen molar-refractivity contribution in [2.75, 3.05) is 4.72 Å². The van der Waals surface area contributed by atoms with Crippen LogP contribution < -0.4 is 10.0 Å². The Bertz CT molecular complexity index is 1090. The predicted octanol–water partition coefficient (Wildman–Crippen LogP) is 3.99. The lowest BCUT2D eigenvalue weighted by Gasteiger charge is -2.18. The number of aryl methyl sites for hydroxylation is 1. The highest BCUT2D eigenvalue weighted by Gasteiger charge is 2.51. The molecule has 0 bridgehead atoms. The molecule has 0 atom stereocenters. The summed E-state index contributed by atoms with van der Waals surface area (Å²) >= 11 is 0. The fourth-order valence-corrected chi connectivity index (χ4v) is 4.02. The lowest BCUT2D eigenvalue weighted by atomic mass is 9.94. The van der Waals surface area contributed by atoms with Gasteiger partial charge >= 0.3 is 12.1 Å². The van der Waals surface area contributed by atoms with Gasteiger partial charge in [-0.3, -0.25) is 9.52 Å². The number of amides is 1. The second-order valence-corrected chi connectivity index (χ2v) is 9.69. The van der Waals surface area contributed by atoms with Gasteiger partial charge in [-0.2, -0.15) is 13.2 Å². The van der Waals surface area contributed by atoms with Crippen molar-refractivity contribution in [1.29, 1.82) is 0 Å². The van der Waals surface area contributed by atoms with E-state index in [4.69, 9.17) is 9.90 Å². The van der Waals surface area contributed by atoms with E-state index in [2.05, 4.69) is 10.0 Å². The van der Waals surface area contributed by atoms with Crippen LogP contribution in [0.3, 0.4) is 0 Å². The summed E-state index contributed by atoms with van der Waals surface area (Å²) in [6.07, 6.45) is -3.44. The molecule has 0 saturated heterocycles. The van der Waals surface area contributed by atoms with Gasteiger partial charge < -0.3 is 10.4 Å². The van der Waals surface area contributed by atoms with Crippen LogP contribution in [0.15, 0.2) is 53.4 Å². The van der Waals surface area contributed by atoms with Gasteiger partial charge in [-0.25, -0.2) is 13.2 Å². The third kappa shape index (κ3) is 6.95. The molecule has 0 radical (unpaired) electrons. The molecular weight excluding hydrogens is 461 g/mol. The van der Waals surface area contributed by atoms with Crippen molar-refractivity contribution >= 4 is 27.6 Å². The largest absolute Gasteiger partial charge is 0.490 e. The number of carboxylic acids is 1. The maximum Gasteiger partial charge on any atom is 0.490 e. The second kappa shape index (κ2) is 9.82. The number of carboxylic acid groups (broad SMARTS) is 1. The second-order valence-electron chi connectivity index (χ2n) is 8.01. The summed E-state index contributed by atoms with van der Waals surface area (Å²) < 4.78 is 59.2. The van der Waals surface area contributed by atoms with Crippen molar-refractivity contribution in [3.63, 3.8) is 0 Å². The van der Waals surface area contributed by atoms with E-state index in [1.165, 1.54) is 0 Å². The Balaban J connectivity index is 0.000000479. The molecule has 1 saturated carbocycles. The topological polar surface area (TPSA) is 113 Å². The quantitative estimate of drug-likeness (QED) is 0.572. The van der Waals surface area contributed by atoms with Crippen LogP contribution in [-0.4, -0.2) is 37.6 Å². The molecule has 1 fully saturated rings. The minimum atomic E-state index is -5.08. The van der Waals surface area contributed by atoms with Crippen molar-refractivity contribution in [3.05, 3.63) is 59.7 Å². The molecule has 3 rings (SSSR count). The van der Waals surface area contributed by atoms with E-state index in [0.29, 0.717) is 5.69 Å². The van der Waals surface area contributed by atoms with Crippen molar-refractivity contribution in [2.24, 2.45) is 0 Å². The first-order valence-electron chi connectivity index (χ1n) is 9.98. The molecule has 2 aromatic rings. The number of sulfonamides is 1. The number of aliphatic carboxylic acids is 1. The summed E-state index contributed by atoms with van der Waals surface area (Å²) in [6, 6.07) is 13.9. The van der Waals surface area contributed by atoms with Gasteiger partial charge in [0.1, 0.15) is 0 Å². The molecule has 0 heterocycles. The fraction of sp³-hybridized carbons (Fsp3) is 0.364. The summed E-state index contributed by atoms with van der Waals surface area (Å²) in [5.41, 5.74) is 1.95. The number of carbonyl (C=O) groups excluding carboxylic acids is 1. The van der Waals surface area contributed by atoms with Crippen LogP contribution in [0.5, 0.6) is 0 Å². The number of rotatable bonds is 6. The number of alkyl halides is 3. The van der Waals surface area contributed by atoms with E-state index >= 15 is 0 Å². The summed E-state index contributed by atoms with van der Waals surface area (Å²) in [5.74, 6) is -2.71. The van der Waals surface area contributed by atoms with Gasteiger partial charge in [-0.05, 0) is 63.4 Å². The van der Waals surface area contributed by atoms with Crippen LogP contribution in [0, 0.1) is 6.92 Å². The normalized spacial score (nSPS) is 14.6. The van der Waals surface area contributed by atoms with Crippen LogP contribution >= 0.6 is 0 Å². The minimum Gasteiger partial charge on any atom is -0.475 e. The van der Waals surface area contributed by atoms with Crippen LogP contribution in [-0.2, 0) is 25.0 Å². The van der Waals surface area contributed by atoms with E-state index < -0.39 is 27.6 Å². The Morgan fingerprint density at radius 1 is 1.00 bits per heavy atom. The van der Waals surface area contributed by atoms with Gasteiger partial charge in [-0.15, -0.1) is 0 Å². The molecule has 33 heavy (non-hydrogen) atoms.